The molecule has 0 fully saturated rings. The van der Waals surface area contributed by atoms with Crippen molar-refractivity contribution >= 4 is 34.6 Å². The SMILES string of the molecule is NCCNC(=O)c1ccccc1-c1cccc(CN(Cc2cccc3ccccc23)C(=O)/C=C/c2cccc(C(F)(F)F)c2)c1.O=C(O)C(F)(F)F. The molecule has 270 valence electrons. The Balaban J connectivity index is 0.000000785. The third-order valence-corrected chi connectivity index (χ3v) is 7.64. The molecule has 0 atom stereocenters. The molecule has 5 rings (SSSR count). The Morgan fingerprint density at radius 1 is 0.769 bits per heavy atom. The number of nitrogens with two attached hydrogens (primary N) is 1. The molecular formula is C39H33F6N3O4. The van der Waals surface area contributed by atoms with Crippen LogP contribution in [-0.4, -0.2) is 47.1 Å². The monoisotopic (exact) mass is 721 g/mol. The van der Waals surface area contributed by atoms with Crippen molar-refractivity contribution in [3.05, 3.63) is 149 Å². The second-order valence-corrected chi connectivity index (χ2v) is 11.4. The number of amides is 2. The quantitative estimate of drug-likeness (QED) is 0.0998. The molecule has 0 bridgehead atoms. The maximum atomic E-state index is 13.7. The van der Waals surface area contributed by atoms with Crippen LogP contribution in [0.2, 0.25) is 0 Å². The number of hydrogen-bond acceptors (Lipinski definition) is 4. The Bertz CT molecular complexity index is 2060. The van der Waals surface area contributed by atoms with Crippen molar-refractivity contribution in [2.45, 2.75) is 25.4 Å². The van der Waals surface area contributed by atoms with Gasteiger partial charge in [0.05, 0.1) is 5.56 Å². The minimum atomic E-state index is -5.08. The van der Waals surface area contributed by atoms with Crippen LogP contribution >= 0.6 is 0 Å². The van der Waals surface area contributed by atoms with Crippen molar-refractivity contribution in [1.82, 2.24) is 10.2 Å². The van der Waals surface area contributed by atoms with Gasteiger partial charge >= 0.3 is 18.3 Å². The molecule has 0 saturated heterocycles. The third kappa shape index (κ3) is 10.8. The normalized spacial score (nSPS) is 11.5. The molecular weight excluding hydrogens is 688 g/mol. The Morgan fingerprint density at radius 2 is 1.42 bits per heavy atom. The smallest absolute Gasteiger partial charge is 0.475 e. The van der Waals surface area contributed by atoms with Gasteiger partial charge in [0, 0.05) is 37.8 Å². The molecule has 0 aliphatic rings. The van der Waals surface area contributed by atoms with E-state index in [1.165, 1.54) is 24.3 Å². The van der Waals surface area contributed by atoms with Gasteiger partial charge < -0.3 is 21.1 Å². The van der Waals surface area contributed by atoms with Crippen molar-refractivity contribution in [2.24, 2.45) is 5.73 Å². The Labute approximate surface area is 295 Å². The highest BCUT2D eigenvalue weighted by molar-refractivity contribution is 6.01. The van der Waals surface area contributed by atoms with E-state index in [0.29, 0.717) is 18.7 Å². The lowest BCUT2D eigenvalue weighted by atomic mass is 9.97. The zero-order valence-electron chi connectivity index (χ0n) is 27.4. The first-order valence-corrected chi connectivity index (χ1v) is 15.7. The first-order valence-electron chi connectivity index (χ1n) is 15.7. The van der Waals surface area contributed by atoms with Gasteiger partial charge in [-0.15, -0.1) is 0 Å². The van der Waals surface area contributed by atoms with Gasteiger partial charge in [0.25, 0.3) is 5.91 Å². The van der Waals surface area contributed by atoms with Crippen molar-refractivity contribution in [3.63, 3.8) is 0 Å². The third-order valence-electron chi connectivity index (χ3n) is 7.64. The standard InChI is InChI=1S/C37H32F3N3O2.C2HF3O2/c38-37(39,40)31-14-6-8-26(23-31)18-19-35(44)43(25-30-13-7-11-28-10-1-2-15-32(28)30)24-27-9-5-12-29(22-27)33-16-3-4-17-34(33)36(45)42-21-20-41;3-2(4,5)1(6)7/h1-19,22-23H,20-21,24-25,41H2,(H,42,45);(H,6,7)/b19-18+;. The number of carboxylic acid groups (broad SMARTS) is 1. The Hall–Kier alpha value is -5.95. The number of carbonyl (C=O) groups excluding carboxylic acids is 2. The van der Waals surface area contributed by atoms with Gasteiger partial charge in [-0.2, -0.15) is 26.3 Å². The summed E-state index contributed by atoms with van der Waals surface area (Å²) in [6.07, 6.45) is -6.86. The first-order chi connectivity index (χ1) is 24.7. The van der Waals surface area contributed by atoms with Gasteiger partial charge in [0.15, 0.2) is 0 Å². The second kappa shape index (κ2) is 17.3. The molecule has 0 unspecified atom stereocenters. The number of hydrogen-bond donors (Lipinski definition) is 3. The summed E-state index contributed by atoms with van der Waals surface area (Å²) in [6, 6.07) is 33.6. The lowest BCUT2D eigenvalue weighted by molar-refractivity contribution is -0.192. The minimum Gasteiger partial charge on any atom is -0.475 e. The number of fused-ring (bicyclic) bond motifs is 1. The summed E-state index contributed by atoms with van der Waals surface area (Å²) in [5.74, 6) is -3.34. The number of carboxylic acids is 1. The van der Waals surface area contributed by atoms with Crippen molar-refractivity contribution < 1.29 is 45.8 Å². The van der Waals surface area contributed by atoms with Crippen LogP contribution in [0, 0.1) is 0 Å². The molecule has 0 spiro atoms. The Morgan fingerprint density at radius 3 is 2.13 bits per heavy atom. The number of rotatable bonds is 10. The first kappa shape index (κ1) is 38.8. The molecule has 5 aromatic rings. The van der Waals surface area contributed by atoms with E-state index in [1.54, 1.807) is 17.0 Å². The van der Waals surface area contributed by atoms with Crippen LogP contribution in [0.3, 0.4) is 0 Å². The summed E-state index contributed by atoms with van der Waals surface area (Å²) in [5.41, 5.74) is 8.88. The molecule has 0 aliphatic heterocycles. The van der Waals surface area contributed by atoms with Gasteiger partial charge in [-0.3, -0.25) is 9.59 Å². The number of benzene rings is 5. The number of nitrogens with one attached hydrogen (secondary N) is 1. The minimum absolute atomic E-state index is 0.227. The van der Waals surface area contributed by atoms with Crippen LogP contribution in [-0.2, 0) is 28.9 Å². The molecule has 0 aliphatic carbocycles. The molecule has 5 aromatic carbocycles. The fraction of sp³-hybridized carbons (Fsp3) is 0.154. The molecule has 13 heteroatoms. The van der Waals surface area contributed by atoms with E-state index in [2.05, 4.69) is 5.32 Å². The molecule has 0 saturated carbocycles. The summed E-state index contributed by atoms with van der Waals surface area (Å²) < 4.78 is 71.5. The summed E-state index contributed by atoms with van der Waals surface area (Å²) in [5, 5.41) is 12.0. The molecule has 0 aromatic heterocycles. The molecule has 4 N–H and O–H groups in total. The summed E-state index contributed by atoms with van der Waals surface area (Å²) >= 11 is 0. The summed E-state index contributed by atoms with van der Waals surface area (Å²) in [4.78, 5) is 37.1. The zero-order chi connectivity index (χ0) is 37.9. The van der Waals surface area contributed by atoms with Gasteiger partial charge in [-0.05, 0) is 68.9 Å². The highest BCUT2D eigenvalue weighted by Gasteiger charge is 2.38. The predicted molar refractivity (Wildman–Crippen MR) is 186 cm³/mol. The number of carbonyl (C=O) groups is 3. The van der Waals surface area contributed by atoms with Gasteiger partial charge in [-0.1, -0.05) is 91.0 Å². The highest BCUT2D eigenvalue weighted by atomic mass is 19.4. The topological polar surface area (TPSA) is 113 Å². The van der Waals surface area contributed by atoms with Crippen molar-refractivity contribution in [1.29, 1.82) is 0 Å². The lowest BCUT2D eigenvalue weighted by Crippen LogP contribution is -2.29. The molecule has 0 radical (unpaired) electrons. The second-order valence-electron chi connectivity index (χ2n) is 11.4. The predicted octanol–water partition coefficient (Wildman–Crippen LogP) is 8.09. The average Bonchev–Trinajstić information content (AvgIpc) is 3.12. The maximum Gasteiger partial charge on any atom is 0.490 e. The number of aliphatic carboxylic acids is 1. The van der Waals surface area contributed by atoms with Crippen LogP contribution in [0.15, 0.2) is 121 Å². The summed E-state index contributed by atoms with van der Waals surface area (Å²) in [7, 11) is 0. The number of nitrogens with zero attached hydrogens (tertiary/aromatic N) is 1. The zero-order valence-corrected chi connectivity index (χ0v) is 27.4. The van der Waals surface area contributed by atoms with Crippen LogP contribution in [0.4, 0.5) is 26.3 Å². The van der Waals surface area contributed by atoms with Crippen molar-refractivity contribution in [2.75, 3.05) is 13.1 Å². The van der Waals surface area contributed by atoms with E-state index >= 15 is 0 Å². The number of halogens is 6. The van der Waals surface area contributed by atoms with E-state index in [0.717, 1.165) is 45.2 Å². The molecule has 52 heavy (non-hydrogen) atoms. The molecule has 0 heterocycles. The van der Waals surface area contributed by atoms with E-state index < -0.39 is 23.9 Å². The fourth-order valence-electron chi connectivity index (χ4n) is 5.21. The van der Waals surface area contributed by atoms with E-state index in [4.69, 9.17) is 15.6 Å². The van der Waals surface area contributed by atoms with Gasteiger partial charge in [0.2, 0.25) is 5.91 Å². The molecule has 2 amide bonds. The van der Waals surface area contributed by atoms with Gasteiger partial charge in [-0.25, -0.2) is 4.79 Å². The number of alkyl halides is 6. The Kier molecular flexibility index (Phi) is 12.9. The molecule has 7 nitrogen and oxygen atoms in total. The largest absolute Gasteiger partial charge is 0.490 e. The van der Waals surface area contributed by atoms with E-state index in [1.807, 2.05) is 78.9 Å². The van der Waals surface area contributed by atoms with Crippen LogP contribution < -0.4 is 11.1 Å². The van der Waals surface area contributed by atoms with Gasteiger partial charge in [0.1, 0.15) is 0 Å². The van der Waals surface area contributed by atoms with Crippen LogP contribution in [0.5, 0.6) is 0 Å². The van der Waals surface area contributed by atoms with E-state index in [-0.39, 0.29) is 30.5 Å². The van der Waals surface area contributed by atoms with Crippen LogP contribution in [0.25, 0.3) is 28.0 Å². The average molecular weight is 722 g/mol. The summed E-state index contributed by atoms with van der Waals surface area (Å²) in [6.45, 7) is 1.18. The van der Waals surface area contributed by atoms with E-state index in [9.17, 15) is 35.9 Å². The highest BCUT2D eigenvalue weighted by Crippen LogP contribution is 2.30. The fourth-order valence-corrected chi connectivity index (χ4v) is 5.21. The maximum absolute atomic E-state index is 13.7. The van der Waals surface area contributed by atoms with Crippen LogP contribution in [0.1, 0.15) is 32.6 Å². The van der Waals surface area contributed by atoms with Crippen molar-refractivity contribution in [3.8, 4) is 11.1 Å². The lowest BCUT2D eigenvalue weighted by Gasteiger charge is -2.23.